The van der Waals surface area contributed by atoms with Crippen molar-refractivity contribution < 1.29 is 36.6 Å². The summed E-state index contributed by atoms with van der Waals surface area (Å²) >= 11 is 0. The van der Waals surface area contributed by atoms with Gasteiger partial charge in [-0.1, -0.05) is 86.7 Å². The third-order valence-electron chi connectivity index (χ3n) is 14.5. The van der Waals surface area contributed by atoms with Crippen LogP contribution in [0, 0.1) is 33.5 Å². The Labute approximate surface area is 303 Å². The summed E-state index contributed by atoms with van der Waals surface area (Å²) in [6, 6.07) is 18.2. The van der Waals surface area contributed by atoms with Crippen LogP contribution in [-0.2, 0) is 22.7 Å². The summed E-state index contributed by atoms with van der Waals surface area (Å²) in [5.41, 5.74) is -3.79. The van der Waals surface area contributed by atoms with Gasteiger partial charge in [0.2, 0.25) is 10.0 Å². The van der Waals surface area contributed by atoms with E-state index in [9.17, 15) is 36.6 Å². The standard InChI is InChI=1S/C42H46F3NO5S/c1-37-17-14-31(47)23-39(37)20-21-41(33(24-39)36(48)28-10-7-12-30(22-28)42(43,44)45)34(37)15-18-38(2)35(41)16-19-40(38,49)26-46(52(3,50)51)25-29-11-6-9-27-8-4-5-13-32(27)29/h4-13,20-22,24,31,34-35,47,49H,14-19,23,25-26H2,1-3H3/t31?,34-,35-,37-,38+,39+,40-,41-/m1/s1. The van der Waals surface area contributed by atoms with E-state index in [1.54, 1.807) is 0 Å². The minimum atomic E-state index is -4.62. The molecule has 6 aliphatic rings. The number of alkyl halides is 3. The zero-order valence-electron chi connectivity index (χ0n) is 29.8. The van der Waals surface area contributed by atoms with Crippen LogP contribution in [0.4, 0.5) is 13.2 Å². The first kappa shape index (κ1) is 35.7. The van der Waals surface area contributed by atoms with Gasteiger partial charge in [0.1, 0.15) is 0 Å². The molecule has 3 aromatic carbocycles. The lowest BCUT2D eigenvalue weighted by molar-refractivity contribution is -0.173. The maximum atomic E-state index is 14.8. The van der Waals surface area contributed by atoms with Crippen molar-refractivity contribution in [2.45, 2.75) is 83.2 Å². The first-order valence-electron chi connectivity index (χ1n) is 18.3. The largest absolute Gasteiger partial charge is 0.416 e. The number of fused-ring (bicyclic) bond motifs is 2. The number of allylic oxidation sites excluding steroid dienone is 4. The number of carbonyl (C=O) groups is 1. The van der Waals surface area contributed by atoms with Gasteiger partial charge >= 0.3 is 6.18 Å². The number of aliphatic hydroxyl groups is 2. The number of sulfonamides is 1. The van der Waals surface area contributed by atoms with E-state index < -0.39 is 55.5 Å². The molecule has 0 radical (unpaired) electrons. The fourth-order valence-electron chi connectivity index (χ4n) is 11.8. The summed E-state index contributed by atoms with van der Waals surface area (Å²) in [4.78, 5) is 14.8. The third-order valence-corrected chi connectivity index (χ3v) is 15.7. The molecule has 0 aliphatic heterocycles. The molecule has 3 aromatic rings. The maximum Gasteiger partial charge on any atom is 0.416 e. The number of carbonyl (C=O) groups excluding carboxylic acids is 1. The summed E-state index contributed by atoms with van der Waals surface area (Å²) in [5, 5.41) is 25.8. The molecule has 3 saturated carbocycles. The molecule has 6 aliphatic carbocycles. The maximum absolute atomic E-state index is 14.8. The molecular formula is C42H46F3NO5S. The van der Waals surface area contributed by atoms with E-state index in [1.807, 2.05) is 55.5 Å². The highest BCUT2D eigenvalue weighted by Gasteiger charge is 2.74. The molecule has 8 atom stereocenters. The first-order chi connectivity index (χ1) is 24.4. The summed E-state index contributed by atoms with van der Waals surface area (Å²) in [5.74, 6) is -0.813. The van der Waals surface area contributed by atoms with Crippen molar-refractivity contribution >= 4 is 26.6 Å². The van der Waals surface area contributed by atoms with Gasteiger partial charge in [0.05, 0.1) is 23.5 Å². The van der Waals surface area contributed by atoms with Crippen molar-refractivity contribution in [1.29, 1.82) is 0 Å². The summed E-state index contributed by atoms with van der Waals surface area (Å²) in [6.45, 7) is 4.22. The molecule has 9 rings (SSSR count). The van der Waals surface area contributed by atoms with E-state index in [0.717, 1.165) is 34.9 Å². The number of benzene rings is 3. The van der Waals surface area contributed by atoms with Crippen LogP contribution in [0.25, 0.3) is 10.8 Å². The number of nitrogens with zero attached hydrogens (tertiary/aromatic N) is 1. The molecule has 1 unspecified atom stereocenters. The van der Waals surface area contributed by atoms with Crippen molar-refractivity contribution in [3.63, 3.8) is 0 Å². The number of hydrogen-bond acceptors (Lipinski definition) is 5. The predicted molar refractivity (Wildman–Crippen MR) is 194 cm³/mol. The number of hydrogen-bond donors (Lipinski definition) is 2. The number of halogens is 3. The average Bonchev–Trinajstić information content (AvgIpc) is 3.37. The third kappa shape index (κ3) is 5.00. The van der Waals surface area contributed by atoms with E-state index in [-0.39, 0.29) is 35.9 Å². The summed E-state index contributed by atoms with van der Waals surface area (Å²) in [6.07, 6.45) is 6.03. The van der Waals surface area contributed by atoms with Crippen LogP contribution in [0.5, 0.6) is 0 Å². The molecule has 2 bridgehead atoms. The second-order valence-corrected chi connectivity index (χ2v) is 18.9. The quantitative estimate of drug-likeness (QED) is 0.189. The van der Waals surface area contributed by atoms with E-state index in [0.29, 0.717) is 44.1 Å². The molecule has 2 spiro atoms. The molecule has 0 heterocycles. The molecule has 52 heavy (non-hydrogen) atoms. The predicted octanol–water partition coefficient (Wildman–Crippen LogP) is 8.09. The van der Waals surface area contributed by atoms with Gasteiger partial charge in [0.25, 0.3) is 0 Å². The second-order valence-electron chi connectivity index (χ2n) is 16.9. The molecule has 0 saturated heterocycles. The number of rotatable bonds is 7. The van der Waals surface area contributed by atoms with Crippen molar-refractivity contribution in [2.75, 3.05) is 12.8 Å². The van der Waals surface area contributed by atoms with Crippen LogP contribution in [0.1, 0.15) is 80.3 Å². The molecule has 0 aromatic heterocycles. The minimum Gasteiger partial charge on any atom is -0.393 e. The Balaban J connectivity index is 1.22. The fourth-order valence-corrected chi connectivity index (χ4v) is 12.6. The van der Waals surface area contributed by atoms with Crippen molar-refractivity contribution in [3.8, 4) is 0 Å². The van der Waals surface area contributed by atoms with E-state index >= 15 is 0 Å². The van der Waals surface area contributed by atoms with Gasteiger partial charge in [0, 0.05) is 40.5 Å². The van der Waals surface area contributed by atoms with Gasteiger partial charge in [-0.2, -0.15) is 17.5 Å². The van der Waals surface area contributed by atoms with Gasteiger partial charge in [-0.05, 0) is 90.7 Å². The Bertz CT molecular complexity index is 2140. The Morgan fingerprint density at radius 2 is 1.58 bits per heavy atom. The average molecular weight is 734 g/mol. The monoisotopic (exact) mass is 733 g/mol. The highest BCUT2D eigenvalue weighted by Crippen LogP contribution is 2.78. The Kier molecular flexibility index (Phi) is 7.96. The minimum absolute atomic E-state index is 0.0384. The number of ketones is 1. The zero-order valence-corrected chi connectivity index (χ0v) is 30.6. The summed E-state index contributed by atoms with van der Waals surface area (Å²) < 4.78 is 70.0. The number of Topliss-reactive ketones (excluding diaryl/α,β-unsaturated/α-hetero) is 1. The lowest BCUT2D eigenvalue weighted by atomic mass is 9.32. The van der Waals surface area contributed by atoms with Gasteiger partial charge < -0.3 is 10.2 Å². The molecular weight excluding hydrogens is 688 g/mol. The van der Waals surface area contributed by atoms with E-state index in [1.165, 1.54) is 22.7 Å². The van der Waals surface area contributed by atoms with Crippen LogP contribution in [0.3, 0.4) is 0 Å². The highest BCUT2D eigenvalue weighted by atomic mass is 32.2. The van der Waals surface area contributed by atoms with Crippen LogP contribution >= 0.6 is 0 Å². The lowest BCUT2D eigenvalue weighted by Crippen LogP contribution is -2.67. The van der Waals surface area contributed by atoms with Gasteiger partial charge in [-0.3, -0.25) is 4.79 Å². The molecule has 10 heteroatoms. The molecule has 2 N–H and O–H groups in total. The fraction of sp³-hybridized carbons (Fsp3) is 0.500. The van der Waals surface area contributed by atoms with E-state index in [4.69, 9.17) is 0 Å². The summed E-state index contributed by atoms with van der Waals surface area (Å²) in [7, 11) is -3.79. The smallest absolute Gasteiger partial charge is 0.393 e. The number of aliphatic hydroxyl groups excluding tert-OH is 1. The van der Waals surface area contributed by atoms with Crippen LogP contribution in [-0.4, -0.2) is 53.2 Å². The zero-order chi connectivity index (χ0) is 37.1. The van der Waals surface area contributed by atoms with Gasteiger partial charge in [0.15, 0.2) is 5.78 Å². The lowest BCUT2D eigenvalue weighted by Gasteiger charge is -2.71. The molecule has 3 fully saturated rings. The first-order valence-corrected chi connectivity index (χ1v) is 20.2. The Hall–Kier alpha value is -3.31. The molecule has 6 nitrogen and oxygen atoms in total. The highest BCUT2D eigenvalue weighted by molar-refractivity contribution is 7.88. The molecule has 0 amide bonds. The van der Waals surface area contributed by atoms with Gasteiger partial charge in [-0.25, -0.2) is 8.42 Å². The topological polar surface area (TPSA) is 94.9 Å². The molecule has 276 valence electrons. The second kappa shape index (κ2) is 11.6. The van der Waals surface area contributed by atoms with E-state index in [2.05, 4.69) is 19.1 Å². The van der Waals surface area contributed by atoms with Crippen molar-refractivity contribution in [1.82, 2.24) is 4.31 Å². The van der Waals surface area contributed by atoms with Crippen molar-refractivity contribution in [3.05, 3.63) is 107 Å². The SMILES string of the molecule is C[C@]12CC[C@H]3[C@]4(C=C[C@@]5(C=C4C(=O)c4cccc(C(F)(F)F)c4)CC(O)CC[C@]35C)[C@@H]1CC[C@@]2(O)CN(Cc1cccc2ccccc12)S(C)(=O)=O. The van der Waals surface area contributed by atoms with Crippen LogP contribution < -0.4 is 0 Å². The van der Waals surface area contributed by atoms with Crippen LogP contribution in [0.2, 0.25) is 0 Å². The Morgan fingerprint density at radius 1 is 0.904 bits per heavy atom. The van der Waals surface area contributed by atoms with Gasteiger partial charge in [-0.15, -0.1) is 0 Å². The van der Waals surface area contributed by atoms with Crippen molar-refractivity contribution in [2.24, 2.45) is 33.5 Å². The van der Waals surface area contributed by atoms with Crippen LogP contribution in [0.15, 0.2) is 90.5 Å². The Morgan fingerprint density at radius 3 is 2.33 bits per heavy atom. The normalized spacial score (nSPS) is 36.7.